The van der Waals surface area contributed by atoms with Crippen molar-refractivity contribution in [3.8, 4) is 0 Å². The van der Waals surface area contributed by atoms with Crippen molar-refractivity contribution in [1.29, 1.82) is 0 Å². The highest BCUT2D eigenvalue weighted by atomic mass is 35.7. The van der Waals surface area contributed by atoms with E-state index in [-0.39, 0.29) is 4.90 Å². The van der Waals surface area contributed by atoms with E-state index in [0.29, 0.717) is 0 Å². The second kappa shape index (κ2) is 15.8. The molecule has 168 valence electrons. The largest absolute Gasteiger partial charge is 0.296 e. The molecule has 0 bridgehead atoms. The van der Waals surface area contributed by atoms with Crippen LogP contribution in [0.1, 0.15) is 37.5 Å². The van der Waals surface area contributed by atoms with Crippen LogP contribution in [0.2, 0.25) is 0 Å². The predicted molar refractivity (Wildman–Crippen MR) is 129 cm³/mol. The van der Waals surface area contributed by atoms with Crippen molar-refractivity contribution >= 4 is 42.0 Å². The van der Waals surface area contributed by atoms with Crippen LogP contribution >= 0.6 is 10.7 Å². The van der Waals surface area contributed by atoms with Crippen LogP contribution in [0.4, 0.5) is 0 Å². The summed E-state index contributed by atoms with van der Waals surface area (Å²) in [7, 11) is -1.06. The van der Waals surface area contributed by atoms with Crippen molar-refractivity contribution in [3.05, 3.63) is 77.9 Å². The van der Waals surface area contributed by atoms with E-state index < -0.39 is 19.2 Å². The molecule has 0 radical (unpaired) electrons. The molecule has 0 aliphatic carbocycles. The number of halogens is 1. The van der Waals surface area contributed by atoms with Crippen molar-refractivity contribution in [1.82, 2.24) is 0 Å². The molecule has 0 fully saturated rings. The van der Waals surface area contributed by atoms with Crippen molar-refractivity contribution < 1.29 is 21.0 Å². The summed E-state index contributed by atoms with van der Waals surface area (Å²) >= 11 is 0. The summed E-state index contributed by atoms with van der Waals surface area (Å²) in [5, 5.41) is 0. The Bertz CT molecular complexity index is 970. The monoisotopic (exact) mass is 474 g/mol. The number of benzene rings is 2. The van der Waals surface area contributed by atoms with E-state index in [4.69, 9.17) is 0 Å². The molecule has 0 spiro atoms. The normalized spacial score (nSPS) is 10.5. The van der Waals surface area contributed by atoms with E-state index in [1.54, 1.807) is 12.1 Å². The van der Waals surface area contributed by atoms with Gasteiger partial charge in [-0.05, 0) is 37.1 Å². The van der Waals surface area contributed by atoms with Crippen LogP contribution in [0.25, 0.3) is 12.2 Å². The van der Waals surface area contributed by atoms with Crippen molar-refractivity contribution in [2.24, 2.45) is 0 Å². The second-order valence-electron chi connectivity index (χ2n) is 5.45. The van der Waals surface area contributed by atoms with E-state index in [2.05, 4.69) is 39.7 Å². The Morgan fingerprint density at radius 2 is 1.37 bits per heavy atom. The lowest BCUT2D eigenvalue weighted by Gasteiger charge is -2.00. The molecule has 0 heterocycles. The van der Waals surface area contributed by atoms with Crippen molar-refractivity contribution in [2.75, 3.05) is 13.4 Å². The Labute approximate surface area is 186 Å². The standard InChI is InChI=1S/C11H12.C8H10O3S.C2H6.CH3ClO2S/c1-3-7-11-9-6-5-8-10(11)4-2;1-7-3-5-8(6-4-7)12(9,10)11-2;1-2;1-5(2,3)4/h3-9H,2H2,1H3;3-6H,1-2H3;1-2H3;1H3/b7-3-;;;. The first-order valence-electron chi connectivity index (χ1n) is 9.05. The third kappa shape index (κ3) is 15.0. The Balaban J connectivity index is 0. The maximum atomic E-state index is 11.1. The average Bonchev–Trinajstić information content (AvgIpc) is 2.70. The van der Waals surface area contributed by atoms with Gasteiger partial charge >= 0.3 is 0 Å². The summed E-state index contributed by atoms with van der Waals surface area (Å²) in [5.74, 6) is 0. The Kier molecular flexibility index (Phi) is 16.0. The molecule has 0 saturated heterocycles. The lowest BCUT2D eigenvalue weighted by atomic mass is 10.1. The zero-order valence-corrected chi connectivity index (χ0v) is 20.7. The summed E-state index contributed by atoms with van der Waals surface area (Å²) < 4.78 is 45.3. The van der Waals surface area contributed by atoms with Gasteiger partial charge in [0.2, 0.25) is 9.05 Å². The molecule has 0 atom stereocenters. The fourth-order valence-corrected chi connectivity index (χ4v) is 2.49. The third-order valence-corrected chi connectivity index (χ3v) is 4.38. The SMILES string of the molecule is C=Cc1ccccc1/C=C\C.CC.COS(=O)(=O)c1ccc(C)cc1.CS(=O)(=O)Cl. The van der Waals surface area contributed by atoms with Gasteiger partial charge in [-0.2, -0.15) is 8.42 Å². The molecule has 0 aromatic heterocycles. The number of hydrogen-bond acceptors (Lipinski definition) is 5. The Morgan fingerprint density at radius 3 is 1.73 bits per heavy atom. The van der Waals surface area contributed by atoms with Gasteiger partial charge in [0, 0.05) is 10.7 Å². The molecule has 0 saturated carbocycles. The minimum atomic E-state index is -3.51. The fraction of sp³-hybridized carbons (Fsp3) is 0.273. The molecule has 30 heavy (non-hydrogen) atoms. The first kappa shape index (κ1) is 30.3. The molecule has 2 aromatic carbocycles. The molecular formula is C22H31ClO5S2. The molecule has 5 nitrogen and oxygen atoms in total. The van der Waals surface area contributed by atoms with Crippen LogP contribution in [0.15, 0.2) is 66.1 Å². The molecule has 0 aliphatic heterocycles. The van der Waals surface area contributed by atoms with Crippen LogP contribution < -0.4 is 0 Å². The van der Waals surface area contributed by atoms with E-state index >= 15 is 0 Å². The molecule has 2 aromatic rings. The maximum Gasteiger partial charge on any atom is 0.296 e. The molecule has 2 rings (SSSR count). The topological polar surface area (TPSA) is 77.5 Å². The first-order valence-corrected chi connectivity index (χ1v) is 13.2. The van der Waals surface area contributed by atoms with Gasteiger partial charge in [0.1, 0.15) is 0 Å². The summed E-state index contributed by atoms with van der Waals surface area (Å²) in [4.78, 5) is 0.190. The summed E-state index contributed by atoms with van der Waals surface area (Å²) in [5.41, 5.74) is 3.43. The number of rotatable bonds is 4. The minimum Gasteiger partial charge on any atom is -0.270 e. The van der Waals surface area contributed by atoms with Gasteiger partial charge in [0.05, 0.1) is 18.3 Å². The highest BCUT2D eigenvalue weighted by molar-refractivity contribution is 8.13. The minimum absolute atomic E-state index is 0.190. The van der Waals surface area contributed by atoms with E-state index in [1.165, 1.54) is 23.3 Å². The second-order valence-corrected chi connectivity index (χ2v) is 10.2. The van der Waals surface area contributed by atoms with Gasteiger partial charge in [0.15, 0.2) is 0 Å². The molecular weight excluding hydrogens is 444 g/mol. The highest BCUT2D eigenvalue weighted by Crippen LogP contribution is 2.12. The summed E-state index contributed by atoms with van der Waals surface area (Å²) in [6.45, 7) is 11.6. The van der Waals surface area contributed by atoms with Gasteiger partial charge in [0.25, 0.3) is 10.1 Å². The smallest absolute Gasteiger partial charge is 0.270 e. The highest BCUT2D eigenvalue weighted by Gasteiger charge is 2.11. The van der Waals surface area contributed by atoms with Crippen molar-refractivity contribution in [2.45, 2.75) is 32.6 Å². The zero-order chi connectivity index (χ0) is 23.8. The number of allylic oxidation sites excluding steroid dienone is 1. The molecule has 0 N–H and O–H groups in total. The van der Waals surface area contributed by atoms with Gasteiger partial charge in [-0.3, -0.25) is 4.18 Å². The van der Waals surface area contributed by atoms with E-state index in [9.17, 15) is 16.8 Å². The lowest BCUT2D eigenvalue weighted by molar-refractivity contribution is 0.398. The first-order chi connectivity index (χ1) is 13.9. The third-order valence-electron chi connectivity index (χ3n) is 3.09. The Morgan fingerprint density at radius 1 is 0.933 bits per heavy atom. The van der Waals surface area contributed by atoms with Gasteiger partial charge < -0.3 is 0 Å². The van der Waals surface area contributed by atoms with Crippen LogP contribution in [0.5, 0.6) is 0 Å². The molecule has 0 unspecified atom stereocenters. The van der Waals surface area contributed by atoms with Gasteiger partial charge in [-0.15, -0.1) is 0 Å². The quantitative estimate of drug-likeness (QED) is 0.407. The van der Waals surface area contributed by atoms with E-state index in [1.807, 2.05) is 52.0 Å². The fourth-order valence-electron chi connectivity index (χ4n) is 1.83. The lowest BCUT2D eigenvalue weighted by Crippen LogP contribution is -2.02. The zero-order valence-electron chi connectivity index (χ0n) is 18.3. The van der Waals surface area contributed by atoms with Crippen LogP contribution in [0, 0.1) is 6.92 Å². The summed E-state index contributed by atoms with van der Waals surface area (Å²) in [6.07, 6.45) is 6.91. The predicted octanol–water partition coefficient (Wildman–Crippen LogP) is 5.90. The molecule has 8 heteroatoms. The van der Waals surface area contributed by atoms with Crippen LogP contribution in [0.3, 0.4) is 0 Å². The van der Waals surface area contributed by atoms with Crippen molar-refractivity contribution in [3.63, 3.8) is 0 Å². The molecule has 0 amide bonds. The number of hydrogen-bond donors (Lipinski definition) is 0. The van der Waals surface area contributed by atoms with Crippen LogP contribution in [-0.2, 0) is 23.4 Å². The summed E-state index contributed by atoms with van der Waals surface area (Å²) in [6, 6.07) is 14.7. The Hall–Kier alpha value is -1.93. The van der Waals surface area contributed by atoms with Gasteiger partial charge in [-0.1, -0.05) is 80.6 Å². The van der Waals surface area contributed by atoms with Gasteiger partial charge in [-0.25, -0.2) is 8.42 Å². The number of aryl methyl sites for hydroxylation is 1. The van der Waals surface area contributed by atoms with E-state index in [0.717, 1.165) is 18.9 Å². The molecule has 0 aliphatic rings. The average molecular weight is 475 g/mol. The maximum absolute atomic E-state index is 11.1. The van der Waals surface area contributed by atoms with Crippen LogP contribution in [-0.4, -0.2) is 30.2 Å².